The van der Waals surface area contributed by atoms with Crippen molar-refractivity contribution in [2.75, 3.05) is 0 Å². The Morgan fingerprint density at radius 3 is 1.09 bits per heavy atom. The van der Waals surface area contributed by atoms with Gasteiger partial charge in [-0.3, -0.25) is 0 Å². The molecule has 0 fully saturated rings. The number of benzene rings is 3. The smallest absolute Gasteiger partial charge is 0.0630 e. The van der Waals surface area contributed by atoms with Crippen LogP contribution in [0.1, 0.15) is 16.7 Å². The van der Waals surface area contributed by atoms with Crippen molar-refractivity contribution >= 4 is 34.8 Å². The zero-order chi connectivity index (χ0) is 15.5. The van der Waals surface area contributed by atoms with Crippen molar-refractivity contribution in [3.8, 4) is 0 Å². The first-order valence-corrected chi connectivity index (χ1v) is 7.91. The predicted molar refractivity (Wildman–Crippen MR) is 94.9 cm³/mol. The zero-order valence-electron chi connectivity index (χ0n) is 11.6. The molecule has 0 aromatic heterocycles. The van der Waals surface area contributed by atoms with Crippen molar-refractivity contribution in [2.45, 2.75) is 0 Å². The van der Waals surface area contributed by atoms with Crippen molar-refractivity contribution in [3.05, 3.63) is 110 Å². The van der Waals surface area contributed by atoms with Gasteiger partial charge in [-0.1, -0.05) is 71.2 Å². The van der Waals surface area contributed by atoms with Gasteiger partial charge in [-0.05, 0) is 53.1 Å². The van der Waals surface area contributed by atoms with Gasteiger partial charge in [-0.2, -0.15) is 0 Å². The van der Waals surface area contributed by atoms with Gasteiger partial charge in [0.2, 0.25) is 0 Å². The molecule has 0 saturated carbocycles. The summed E-state index contributed by atoms with van der Waals surface area (Å²) >= 11 is 18.5. The lowest BCUT2D eigenvalue weighted by Gasteiger charge is -2.18. The van der Waals surface area contributed by atoms with Crippen LogP contribution in [0.15, 0.2) is 72.8 Å². The first-order chi connectivity index (χ1) is 10.6. The summed E-state index contributed by atoms with van der Waals surface area (Å²) in [5.41, 5.74) is 3.08. The van der Waals surface area contributed by atoms with E-state index >= 15 is 0 Å². The molecule has 0 spiro atoms. The average Bonchev–Trinajstić information content (AvgIpc) is 2.48. The fourth-order valence-electron chi connectivity index (χ4n) is 2.43. The molecule has 0 heterocycles. The minimum Gasteiger partial charge on any atom is -0.0843 e. The third kappa shape index (κ3) is 3.47. The third-order valence-electron chi connectivity index (χ3n) is 3.34. The SMILES string of the molecule is Clc1cccc([C](c2cccc(Cl)c2)c2cccc(Cl)c2)c1. The largest absolute Gasteiger partial charge is 0.0843 e. The highest BCUT2D eigenvalue weighted by Gasteiger charge is 2.18. The van der Waals surface area contributed by atoms with Crippen LogP contribution < -0.4 is 0 Å². The lowest BCUT2D eigenvalue weighted by atomic mass is 9.85. The molecule has 3 heteroatoms. The summed E-state index contributed by atoms with van der Waals surface area (Å²) in [6, 6.07) is 23.3. The topological polar surface area (TPSA) is 0 Å². The van der Waals surface area contributed by atoms with E-state index in [9.17, 15) is 0 Å². The number of rotatable bonds is 3. The third-order valence-corrected chi connectivity index (χ3v) is 4.05. The molecule has 0 aliphatic rings. The molecule has 3 aromatic rings. The molecule has 3 rings (SSSR count). The van der Waals surface area contributed by atoms with Gasteiger partial charge in [0, 0.05) is 15.1 Å². The van der Waals surface area contributed by atoms with E-state index in [0.29, 0.717) is 15.1 Å². The van der Waals surface area contributed by atoms with E-state index in [-0.39, 0.29) is 0 Å². The number of hydrogen-bond acceptors (Lipinski definition) is 0. The van der Waals surface area contributed by atoms with Crippen LogP contribution in [0.3, 0.4) is 0 Å². The molecule has 1 radical (unpaired) electrons. The van der Waals surface area contributed by atoms with Gasteiger partial charge in [0.05, 0.1) is 5.92 Å². The van der Waals surface area contributed by atoms with E-state index in [4.69, 9.17) is 34.8 Å². The molecular formula is C19H12Cl3. The molecule has 0 amide bonds. The maximum absolute atomic E-state index is 6.16. The van der Waals surface area contributed by atoms with Crippen molar-refractivity contribution in [2.24, 2.45) is 0 Å². The summed E-state index contributed by atoms with van der Waals surface area (Å²) in [6.45, 7) is 0. The van der Waals surface area contributed by atoms with Crippen LogP contribution in [0, 0.1) is 5.92 Å². The van der Waals surface area contributed by atoms with Crippen molar-refractivity contribution < 1.29 is 0 Å². The molecule has 0 N–H and O–H groups in total. The second-order valence-corrected chi connectivity index (χ2v) is 6.22. The van der Waals surface area contributed by atoms with Crippen molar-refractivity contribution in [1.29, 1.82) is 0 Å². The van der Waals surface area contributed by atoms with Crippen LogP contribution in [0.4, 0.5) is 0 Å². The fourth-order valence-corrected chi connectivity index (χ4v) is 3.00. The second kappa shape index (κ2) is 6.75. The monoisotopic (exact) mass is 345 g/mol. The van der Waals surface area contributed by atoms with Crippen molar-refractivity contribution in [1.82, 2.24) is 0 Å². The Labute approximate surface area is 145 Å². The van der Waals surface area contributed by atoms with E-state index in [1.807, 2.05) is 72.8 Å². The first kappa shape index (κ1) is 15.4. The van der Waals surface area contributed by atoms with Crippen LogP contribution in [0.25, 0.3) is 0 Å². The van der Waals surface area contributed by atoms with Crippen LogP contribution in [-0.2, 0) is 0 Å². The Balaban J connectivity index is 2.18. The maximum atomic E-state index is 6.16. The molecule has 0 aliphatic carbocycles. The quantitative estimate of drug-likeness (QED) is 0.465. The van der Waals surface area contributed by atoms with Gasteiger partial charge in [0.25, 0.3) is 0 Å². The average molecular weight is 347 g/mol. The van der Waals surface area contributed by atoms with E-state index in [1.54, 1.807) is 0 Å². The summed E-state index contributed by atoms with van der Waals surface area (Å²) in [4.78, 5) is 0. The minimum absolute atomic E-state index is 0.694. The molecule has 3 aromatic carbocycles. The van der Waals surface area contributed by atoms with E-state index in [2.05, 4.69) is 0 Å². The molecule has 0 nitrogen and oxygen atoms in total. The van der Waals surface area contributed by atoms with Gasteiger partial charge in [0.15, 0.2) is 0 Å². The Hall–Kier alpha value is -1.47. The van der Waals surface area contributed by atoms with Gasteiger partial charge in [0.1, 0.15) is 0 Å². The van der Waals surface area contributed by atoms with Gasteiger partial charge in [-0.15, -0.1) is 0 Å². The predicted octanol–water partition coefficient (Wildman–Crippen LogP) is 6.67. The van der Waals surface area contributed by atoms with Gasteiger partial charge in [-0.25, -0.2) is 0 Å². The summed E-state index contributed by atoms with van der Waals surface area (Å²) in [5.74, 6) is 1.05. The fraction of sp³-hybridized carbons (Fsp3) is 0. The standard InChI is InChI=1S/C19H12Cl3/c20-16-7-1-4-13(10-16)19(14-5-2-8-17(21)11-14)15-6-3-9-18(22)12-15/h1-12H. The summed E-state index contributed by atoms with van der Waals surface area (Å²) in [5, 5.41) is 2.08. The maximum Gasteiger partial charge on any atom is 0.0630 e. The minimum atomic E-state index is 0.694. The Morgan fingerprint density at radius 1 is 0.500 bits per heavy atom. The lowest BCUT2D eigenvalue weighted by molar-refractivity contribution is 1.23. The highest BCUT2D eigenvalue weighted by atomic mass is 35.5. The highest BCUT2D eigenvalue weighted by molar-refractivity contribution is 6.31. The molecule has 0 aliphatic heterocycles. The zero-order valence-corrected chi connectivity index (χ0v) is 13.8. The highest BCUT2D eigenvalue weighted by Crippen LogP contribution is 2.34. The summed E-state index contributed by atoms with van der Waals surface area (Å²) in [7, 11) is 0. The molecule has 0 bridgehead atoms. The van der Waals surface area contributed by atoms with Gasteiger partial charge >= 0.3 is 0 Å². The molecule has 0 atom stereocenters. The van der Waals surface area contributed by atoms with Crippen LogP contribution in [0.2, 0.25) is 15.1 Å². The normalized spacial score (nSPS) is 10.9. The molecule has 0 saturated heterocycles. The molecule has 109 valence electrons. The van der Waals surface area contributed by atoms with Crippen molar-refractivity contribution in [3.63, 3.8) is 0 Å². The Bertz CT molecular complexity index is 688. The van der Waals surface area contributed by atoms with Crippen LogP contribution >= 0.6 is 34.8 Å². The number of halogens is 3. The van der Waals surface area contributed by atoms with E-state index < -0.39 is 0 Å². The molecular weight excluding hydrogens is 335 g/mol. The number of hydrogen-bond donors (Lipinski definition) is 0. The van der Waals surface area contributed by atoms with E-state index in [0.717, 1.165) is 22.6 Å². The summed E-state index contributed by atoms with van der Waals surface area (Å²) in [6.07, 6.45) is 0. The Kier molecular flexibility index (Phi) is 4.73. The van der Waals surface area contributed by atoms with Crippen LogP contribution in [0.5, 0.6) is 0 Å². The second-order valence-electron chi connectivity index (χ2n) is 4.91. The van der Waals surface area contributed by atoms with Gasteiger partial charge < -0.3 is 0 Å². The summed E-state index contributed by atoms with van der Waals surface area (Å²) < 4.78 is 0. The first-order valence-electron chi connectivity index (χ1n) is 6.78. The van der Waals surface area contributed by atoms with Crippen LogP contribution in [-0.4, -0.2) is 0 Å². The Morgan fingerprint density at radius 2 is 0.818 bits per heavy atom. The molecule has 22 heavy (non-hydrogen) atoms. The lowest BCUT2D eigenvalue weighted by Crippen LogP contribution is -2.04. The molecule has 0 unspecified atom stereocenters. The van der Waals surface area contributed by atoms with E-state index in [1.165, 1.54) is 0 Å².